The number of nitrogens with zero attached hydrogens (tertiary/aromatic N) is 1. The fourth-order valence-corrected chi connectivity index (χ4v) is 2.67. The Balaban J connectivity index is 2.04. The smallest absolute Gasteiger partial charge is 0.0592 e. The molecule has 3 rings (SSSR count). The lowest BCUT2D eigenvalue weighted by molar-refractivity contribution is 0.629. The molecule has 0 amide bonds. The van der Waals surface area contributed by atoms with Crippen molar-refractivity contribution in [3.8, 4) is 0 Å². The highest BCUT2D eigenvalue weighted by atomic mass is 14.9. The molecule has 21 heavy (non-hydrogen) atoms. The van der Waals surface area contributed by atoms with Gasteiger partial charge in [-0.15, -0.1) is 0 Å². The van der Waals surface area contributed by atoms with Crippen molar-refractivity contribution in [3.05, 3.63) is 77.6 Å². The average molecular weight is 276 g/mol. The van der Waals surface area contributed by atoms with Crippen molar-refractivity contribution >= 4 is 10.8 Å². The normalized spacial score (nSPS) is 12.5. The molecular formula is C19H20N2. The number of aryl methyl sites for hydroxylation is 1. The van der Waals surface area contributed by atoms with Crippen LogP contribution in [0.5, 0.6) is 0 Å². The molecule has 1 N–H and O–H groups in total. The van der Waals surface area contributed by atoms with Crippen LogP contribution in [0.25, 0.3) is 10.8 Å². The maximum absolute atomic E-state index is 4.43. The van der Waals surface area contributed by atoms with Crippen LogP contribution in [0.1, 0.15) is 29.8 Å². The van der Waals surface area contributed by atoms with Gasteiger partial charge in [-0.3, -0.25) is 4.98 Å². The summed E-state index contributed by atoms with van der Waals surface area (Å²) in [7, 11) is 0. The van der Waals surface area contributed by atoms with Crippen molar-refractivity contribution < 1.29 is 0 Å². The Bertz CT molecular complexity index is 732. The third-order valence-electron chi connectivity index (χ3n) is 3.78. The first-order valence-electron chi connectivity index (χ1n) is 7.42. The Morgan fingerprint density at radius 2 is 1.71 bits per heavy atom. The molecule has 1 unspecified atom stereocenters. The number of nitrogens with one attached hydrogen (secondary N) is 1. The average Bonchev–Trinajstić information content (AvgIpc) is 2.53. The molecule has 0 saturated carbocycles. The monoisotopic (exact) mass is 276 g/mol. The molecule has 0 aliphatic carbocycles. The van der Waals surface area contributed by atoms with Gasteiger partial charge in [0, 0.05) is 11.9 Å². The Morgan fingerprint density at radius 1 is 0.952 bits per heavy atom. The summed E-state index contributed by atoms with van der Waals surface area (Å²) in [6, 6.07) is 19.5. The first-order chi connectivity index (χ1) is 10.3. The Hall–Kier alpha value is -2.19. The van der Waals surface area contributed by atoms with Crippen molar-refractivity contribution in [2.75, 3.05) is 6.54 Å². The van der Waals surface area contributed by atoms with Crippen LogP contribution in [0.2, 0.25) is 0 Å². The Morgan fingerprint density at radius 3 is 2.43 bits per heavy atom. The Labute approximate surface area is 125 Å². The van der Waals surface area contributed by atoms with E-state index in [9.17, 15) is 0 Å². The summed E-state index contributed by atoms with van der Waals surface area (Å²) in [6.45, 7) is 5.07. The van der Waals surface area contributed by atoms with E-state index >= 15 is 0 Å². The van der Waals surface area contributed by atoms with Gasteiger partial charge in [-0.1, -0.05) is 49.4 Å². The van der Waals surface area contributed by atoms with E-state index in [-0.39, 0.29) is 6.04 Å². The zero-order valence-electron chi connectivity index (χ0n) is 12.5. The van der Waals surface area contributed by atoms with E-state index in [1.165, 1.54) is 21.9 Å². The van der Waals surface area contributed by atoms with Crippen LogP contribution >= 0.6 is 0 Å². The minimum absolute atomic E-state index is 0.188. The highest BCUT2D eigenvalue weighted by Gasteiger charge is 2.13. The fourth-order valence-electron chi connectivity index (χ4n) is 2.67. The van der Waals surface area contributed by atoms with E-state index in [4.69, 9.17) is 0 Å². The minimum Gasteiger partial charge on any atom is -0.306 e. The summed E-state index contributed by atoms with van der Waals surface area (Å²) in [6.07, 6.45) is 1.97. The van der Waals surface area contributed by atoms with Gasteiger partial charge in [0.05, 0.1) is 6.04 Å². The minimum atomic E-state index is 0.188. The van der Waals surface area contributed by atoms with Gasteiger partial charge in [0.2, 0.25) is 0 Å². The molecule has 0 fully saturated rings. The number of hydrogen-bond donors (Lipinski definition) is 1. The molecule has 1 heterocycles. The van der Waals surface area contributed by atoms with E-state index in [0.717, 1.165) is 12.2 Å². The van der Waals surface area contributed by atoms with Gasteiger partial charge < -0.3 is 5.32 Å². The zero-order chi connectivity index (χ0) is 14.7. The quantitative estimate of drug-likeness (QED) is 0.771. The van der Waals surface area contributed by atoms with Crippen LogP contribution in [0.3, 0.4) is 0 Å². The largest absolute Gasteiger partial charge is 0.306 e. The molecule has 0 aliphatic rings. The second kappa shape index (κ2) is 6.06. The van der Waals surface area contributed by atoms with E-state index < -0.39 is 0 Å². The summed E-state index contributed by atoms with van der Waals surface area (Å²) in [5.74, 6) is 0. The van der Waals surface area contributed by atoms with Gasteiger partial charge in [-0.2, -0.15) is 0 Å². The predicted octanol–water partition coefficient (Wildman–Crippen LogP) is 4.24. The number of hydrogen-bond acceptors (Lipinski definition) is 2. The molecule has 3 aromatic rings. The topological polar surface area (TPSA) is 24.9 Å². The molecule has 0 bridgehead atoms. The summed E-state index contributed by atoms with van der Waals surface area (Å²) in [5.41, 5.74) is 3.53. The van der Waals surface area contributed by atoms with Crippen LogP contribution in [0.4, 0.5) is 0 Å². The van der Waals surface area contributed by atoms with E-state index in [1.807, 2.05) is 13.1 Å². The highest BCUT2D eigenvalue weighted by molar-refractivity contribution is 5.83. The van der Waals surface area contributed by atoms with Gasteiger partial charge >= 0.3 is 0 Å². The predicted molar refractivity (Wildman–Crippen MR) is 88.4 cm³/mol. The Kier molecular flexibility index (Phi) is 3.98. The number of benzene rings is 2. The second-order valence-electron chi connectivity index (χ2n) is 5.33. The standard InChI is InChI=1S/C19H20N2/c1-3-20-19(18-9-8-14(2)21-13-18)17-11-10-15-6-4-5-7-16(15)12-17/h4-13,19-20H,3H2,1-2H3. The third-order valence-corrected chi connectivity index (χ3v) is 3.78. The summed E-state index contributed by atoms with van der Waals surface area (Å²) >= 11 is 0. The molecular weight excluding hydrogens is 256 g/mol. The van der Waals surface area contributed by atoms with Crippen LogP contribution in [0, 0.1) is 6.92 Å². The lowest BCUT2D eigenvalue weighted by atomic mass is 9.97. The zero-order valence-corrected chi connectivity index (χ0v) is 12.5. The maximum Gasteiger partial charge on any atom is 0.0592 e. The summed E-state index contributed by atoms with van der Waals surface area (Å²) in [4.78, 5) is 4.43. The second-order valence-corrected chi connectivity index (χ2v) is 5.33. The van der Waals surface area contributed by atoms with Gasteiger partial charge in [0.15, 0.2) is 0 Å². The van der Waals surface area contributed by atoms with Gasteiger partial charge in [-0.25, -0.2) is 0 Å². The molecule has 2 aromatic carbocycles. The lowest BCUT2D eigenvalue weighted by Crippen LogP contribution is -2.22. The number of rotatable bonds is 4. The first kappa shape index (κ1) is 13.8. The maximum atomic E-state index is 4.43. The van der Waals surface area contributed by atoms with Crippen molar-refractivity contribution in [3.63, 3.8) is 0 Å². The van der Waals surface area contributed by atoms with Crippen molar-refractivity contribution in [2.24, 2.45) is 0 Å². The first-order valence-corrected chi connectivity index (χ1v) is 7.42. The fraction of sp³-hybridized carbons (Fsp3) is 0.211. The number of pyridine rings is 1. The molecule has 1 atom stereocenters. The van der Waals surface area contributed by atoms with Crippen molar-refractivity contribution in [2.45, 2.75) is 19.9 Å². The summed E-state index contributed by atoms with van der Waals surface area (Å²) < 4.78 is 0. The van der Waals surface area contributed by atoms with Gasteiger partial charge in [-0.05, 0) is 47.5 Å². The van der Waals surface area contributed by atoms with E-state index in [2.05, 4.69) is 71.8 Å². The van der Waals surface area contributed by atoms with Crippen molar-refractivity contribution in [1.29, 1.82) is 0 Å². The van der Waals surface area contributed by atoms with Crippen molar-refractivity contribution in [1.82, 2.24) is 10.3 Å². The number of aromatic nitrogens is 1. The van der Waals surface area contributed by atoms with Gasteiger partial charge in [0.1, 0.15) is 0 Å². The molecule has 0 spiro atoms. The van der Waals surface area contributed by atoms with Crippen LogP contribution in [0.15, 0.2) is 60.8 Å². The molecule has 1 aromatic heterocycles. The van der Waals surface area contributed by atoms with Gasteiger partial charge in [0.25, 0.3) is 0 Å². The van der Waals surface area contributed by atoms with Crippen LogP contribution in [-0.2, 0) is 0 Å². The summed E-state index contributed by atoms with van der Waals surface area (Å²) in [5, 5.41) is 6.11. The number of fused-ring (bicyclic) bond motifs is 1. The molecule has 0 radical (unpaired) electrons. The molecule has 2 heteroatoms. The lowest BCUT2D eigenvalue weighted by Gasteiger charge is -2.19. The molecule has 2 nitrogen and oxygen atoms in total. The van der Waals surface area contributed by atoms with E-state index in [0.29, 0.717) is 0 Å². The third kappa shape index (κ3) is 2.96. The molecule has 0 aliphatic heterocycles. The van der Waals surface area contributed by atoms with Crippen LogP contribution in [-0.4, -0.2) is 11.5 Å². The van der Waals surface area contributed by atoms with Crippen LogP contribution < -0.4 is 5.32 Å². The van der Waals surface area contributed by atoms with E-state index in [1.54, 1.807) is 0 Å². The SMILES string of the molecule is CCNC(c1ccc(C)nc1)c1ccc2ccccc2c1. The molecule has 106 valence electrons. The highest BCUT2D eigenvalue weighted by Crippen LogP contribution is 2.25. The molecule has 0 saturated heterocycles.